The van der Waals surface area contributed by atoms with E-state index >= 15 is 0 Å². The van der Waals surface area contributed by atoms with Crippen LogP contribution in [0.4, 0.5) is 17.5 Å². The number of nitrogens with one attached hydrogen (secondary N) is 2. The quantitative estimate of drug-likeness (QED) is 0.399. The van der Waals surface area contributed by atoms with Crippen LogP contribution in [0, 0.1) is 5.92 Å². The van der Waals surface area contributed by atoms with Crippen LogP contribution >= 0.6 is 23.2 Å². The van der Waals surface area contributed by atoms with Crippen LogP contribution in [0.15, 0.2) is 42.7 Å². The van der Waals surface area contributed by atoms with Gasteiger partial charge in [0.05, 0.1) is 28.4 Å². The second kappa shape index (κ2) is 9.26. The molecule has 3 aromatic rings. The molecule has 9 heteroatoms. The van der Waals surface area contributed by atoms with Crippen molar-refractivity contribution < 1.29 is 10.2 Å². The van der Waals surface area contributed by atoms with Crippen molar-refractivity contribution in [1.29, 1.82) is 0 Å². The van der Waals surface area contributed by atoms with E-state index in [2.05, 4.69) is 25.6 Å². The van der Waals surface area contributed by atoms with E-state index in [1.807, 2.05) is 26.0 Å². The Balaban J connectivity index is 2.00. The predicted octanol–water partition coefficient (Wildman–Crippen LogP) is 4.72. The van der Waals surface area contributed by atoms with Crippen molar-refractivity contribution in [3.05, 3.63) is 52.8 Å². The number of phenols is 1. The molecule has 1 atom stereocenters. The summed E-state index contributed by atoms with van der Waals surface area (Å²) in [7, 11) is 0. The van der Waals surface area contributed by atoms with Crippen molar-refractivity contribution in [2.24, 2.45) is 5.92 Å². The number of aliphatic hydroxyl groups excluding tert-OH is 1. The van der Waals surface area contributed by atoms with Gasteiger partial charge in [-0.1, -0.05) is 37.0 Å². The monoisotopic (exact) mass is 433 g/mol. The summed E-state index contributed by atoms with van der Waals surface area (Å²) in [6.45, 7) is 3.95. The van der Waals surface area contributed by atoms with E-state index in [1.165, 1.54) is 0 Å². The highest BCUT2D eigenvalue weighted by Crippen LogP contribution is 2.35. The van der Waals surface area contributed by atoms with Crippen LogP contribution in [0.2, 0.25) is 10.0 Å². The van der Waals surface area contributed by atoms with Crippen LogP contribution in [0.1, 0.15) is 13.8 Å². The Bertz CT molecular complexity index is 963. The molecule has 0 saturated carbocycles. The lowest BCUT2D eigenvalue weighted by Crippen LogP contribution is -2.30. The van der Waals surface area contributed by atoms with Crippen LogP contribution in [0.25, 0.3) is 11.3 Å². The zero-order valence-corrected chi connectivity index (χ0v) is 17.4. The van der Waals surface area contributed by atoms with E-state index < -0.39 is 0 Å². The first-order valence-corrected chi connectivity index (χ1v) is 9.75. The first-order chi connectivity index (χ1) is 13.9. The molecule has 0 saturated heterocycles. The van der Waals surface area contributed by atoms with Gasteiger partial charge >= 0.3 is 0 Å². The van der Waals surface area contributed by atoms with E-state index in [0.717, 1.165) is 5.56 Å². The number of phenolic OH excluding ortho intramolecular Hbond substituents is 1. The first kappa shape index (κ1) is 21.1. The molecule has 0 aliphatic rings. The average Bonchev–Trinajstić information content (AvgIpc) is 2.70. The summed E-state index contributed by atoms with van der Waals surface area (Å²) in [5, 5.41) is 26.0. The zero-order chi connectivity index (χ0) is 21.0. The van der Waals surface area contributed by atoms with Crippen LogP contribution < -0.4 is 10.6 Å². The van der Waals surface area contributed by atoms with Gasteiger partial charge in [0.1, 0.15) is 5.82 Å². The van der Waals surface area contributed by atoms with Crippen molar-refractivity contribution >= 4 is 40.7 Å². The third-order valence-corrected chi connectivity index (χ3v) is 4.88. The van der Waals surface area contributed by atoms with Crippen LogP contribution in [0.3, 0.4) is 0 Å². The molecule has 2 aromatic heterocycles. The van der Waals surface area contributed by atoms with Crippen LogP contribution in [-0.2, 0) is 0 Å². The van der Waals surface area contributed by atoms with Crippen molar-refractivity contribution in [3.63, 3.8) is 0 Å². The molecule has 2 heterocycles. The zero-order valence-electron chi connectivity index (χ0n) is 15.9. The number of hydrogen-bond donors (Lipinski definition) is 4. The third kappa shape index (κ3) is 5.26. The molecule has 7 nitrogen and oxygen atoms in total. The number of benzene rings is 1. The lowest BCUT2D eigenvalue weighted by Gasteiger charge is -2.20. The van der Waals surface area contributed by atoms with Crippen molar-refractivity contribution in [2.75, 3.05) is 17.2 Å². The predicted molar refractivity (Wildman–Crippen MR) is 116 cm³/mol. The molecule has 0 spiro atoms. The molecule has 3 rings (SSSR count). The number of hydrogen-bond acceptors (Lipinski definition) is 7. The van der Waals surface area contributed by atoms with Gasteiger partial charge in [-0.3, -0.25) is 4.98 Å². The standard InChI is InChI=1S/C20H21Cl2N5O2/c1-11(2)17(10-28)26-20-25-16(12-3-5-23-6-4-12)9-18(27-20)24-13-7-14(21)19(29)15(22)8-13/h3-9,11,17,28-29H,10H2,1-2H3,(H2,24,25,26,27)/t17-/m0/s1. The second-order valence-corrected chi connectivity index (χ2v) is 7.60. The number of rotatable bonds is 7. The fraction of sp³-hybridized carbons (Fsp3) is 0.250. The number of halogens is 2. The van der Waals surface area contributed by atoms with E-state index in [4.69, 9.17) is 23.2 Å². The molecule has 0 aliphatic heterocycles. The molecular weight excluding hydrogens is 413 g/mol. The summed E-state index contributed by atoms with van der Waals surface area (Å²) in [5.74, 6) is 0.863. The van der Waals surface area contributed by atoms with Gasteiger partial charge in [-0.15, -0.1) is 0 Å². The highest BCUT2D eigenvalue weighted by atomic mass is 35.5. The first-order valence-electron chi connectivity index (χ1n) is 8.99. The van der Waals surface area contributed by atoms with Crippen molar-refractivity contribution in [2.45, 2.75) is 19.9 Å². The van der Waals surface area contributed by atoms with Gasteiger partial charge in [-0.2, -0.15) is 4.98 Å². The minimum Gasteiger partial charge on any atom is -0.505 e. The number of pyridine rings is 1. The Kier molecular flexibility index (Phi) is 6.74. The minimum absolute atomic E-state index is 0.0492. The average molecular weight is 434 g/mol. The SMILES string of the molecule is CC(C)[C@H](CO)Nc1nc(Nc2cc(Cl)c(O)c(Cl)c2)cc(-c2ccncc2)n1. The normalized spacial score (nSPS) is 12.1. The molecule has 0 fully saturated rings. The number of nitrogens with zero attached hydrogens (tertiary/aromatic N) is 3. The maximum atomic E-state index is 9.76. The molecule has 152 valence electrons. The van der Waals surface area contributed by atoms with Crippen molar-refractivity contribution in [1.82, 2.24) is 15.0 Å². The molecular formula is C20H21Cl2N5O2. The van der Waals surface area contributed by atoms with Crippen LogP contribution in [0.5, 0.6) is 5.75 Å². The van der Waals surface area contributed by atoms with Gasteiger partial charge in [-0.25, -0.2) is 4.98 Å². The Morgan fingerprint density at radius 3 is 2.28 bits per heavy atom. The Morgan fingerprint density at radius 1 is 1.03 bits per heavy atom. The largest absolute Gasteiger partial charge is 0.505 e. The van der Waals surface area contributed by atoms with E-state index in [1.54, 1.807) is 30.6 Å². The number of aromatic nitrogens is 3. The van der Waals surface area contributed by atoms with Gasteiger partial charge in [0.15, 0.2) is 5.75 Å². The highest BCUT2D eigenvalue weighted by molar-refractivity contribution is 6.37. The number of aliphatic hydroxyl groups is 1. The summed E-state index contributed by atoms with van der Waals surface area (Å²) < 4.78 is 0. The topological polar surface area (TPSA) is 103 Å². The van der Waals surface area contributed by atoms with Gasteiger partial charge in [-0.05, 0) is 30.2 Å². The smallest absolute Gasteiger partial charge is 0.225 e. The molecule has 0 radical (unpaired) electrons. The lowest BCUT2D eigenvalue weighted by molar-refractivity contribution is 0.248. The highest BCUT2D eigenvalue weighted by Gasteiger charge is 2.15. The third-order valence-electron chi connectivity index (χ3n) is 4.31. The fourth-order valence-electron chi connectivity index (χ4n) is 2.62. The number of anilines is 3. The van der Waals surface area contributed by atoms with Gasteiger partial charge in [0, 0.05) is 29.7 Å². The molecule has 4 N–H and O–H groups in total. The van der Waals surface area contributed by atoms with E-state index in [9.17, 15) is 10.2 Å². The summed E-state index contributed by atoms with van der Waals surface area (Å²) in [6.07, 6.45) is 3.36. The molecule has 0 unspecified atom stereocenters. The molecule has 0 aliphatic carbocycles. The summed E-state index contributed by atoms with van der Waals surface area (Å²) in [4.78, 5) is 13.1. The Hall–Kier alpha value is -2.61. The second-order valence-electron chi connectivity index (χ2n) is 6.79. The molecule has 29 heavy (non-hydrogen) atoms. The fourth-order valence-corrected chi connectivity index (χ4v) is 3.11. The van der Waals surface area contributed by atoms with E-state index in [-0.39, 0.29) is 34.4 Å². The maximum absolute atomic E-state index is 9.76. The summed E-state index contributed by atoms with van der Waals surface area (Å²) >= 11 is 12.0. The summed E-state index contributed by atoms with van der Waals surface area (Å²) in [6, 6.07) is 8.36. The van der Waals surface area contributed by atoms with Gasteiger partial charge < -0.3 is 20.8 Å². The lowest BCUT2D eigenvalue weighted by atomic mass is 10.1. The Labute approximate surface area is 178 Å². The molecule has 1 aromatic carbocycles. The maximum Gasteiger partial charge on any atom is 0.225 e. The minimum atomic E-state index is -0.201. The van der Waals surface area contributed by atoms with Gasteiger partial charge in [0.2, 0.25) is 5.95 Å². The Morgan fingerprint density at radius 2 is 1.69 bits per heavy atom. The van der Waals surface area contributed by atoms with Gasteiger partial charge in [0.25, 0.3) is 0 Å². The van der Waals surface area contributed by atoms with E-state index in [0.29, 0.717) is 23.1 Å². The molecule has 0 bridgehead atoms. The molecule has 0 amide bonds. The summed E-state index contributed by atoms with van der Waals surface area (Å²) in [5.41, 5.74) is 2.09. The van der Waals surface area contributed by atoms with Crippen LogP contribution in [-0.4, -0.2) is 37.8 Å². The number of aromatic hydroxyl groups is 1. The van der Waals surface area contributed by atoms with Crippen molar-refractivity contribution in [3.8, 4) is 17.0 Å².